The zero-order valence-corrected chi connectivity index (χ0v) is 17.1. The molecule has 1 saturated heterocycles. The third-order valence-corrected chi connectivity index (χ3v) is 5.78. The molecule has 1 aliphatic rings. The van der Waals surface area contributed by atoms with Crippen molar-refractivity contribution in [2.24, 2.45) is 0 Å². The zero-order valence-electron chi connectivity index (χ0n) is 16.3. The summed E-state index contributed by atoms with van der Waals surface area (Å²) in [5, 5.41) is 1.83. The molecule has 0 unspecified atom stereocenters. The first-order chi connectivity index (χ1) is 14.1. The van der Waals surface area contributed by atoms with Gasteiger partial charge in [-0.1, -0.05) is 24.3 Å². The molecule has 2 heterocycles. The monoisotopic (exact) mass is 414 g/mol. The van der Waals surface area contributed by atoms with Crippen LogP contribution in [0, 0.1) is 0 Å². The quantitative estimate of drug-likeness (QED) is 0.511. The van der Waals surface area contributed by atoms with Gasteiger partial charge in [0.15, 0.2) is 5.78 Å². The number of anilines is 1. The number of amides is 2. The minimum absolute atomic E-state index is 0.0540. The molecule has 1 aromatic heterocycles. The third-order valence-electron chi connectivity index (χ3n) is 4.87. The van der Waals surface area contributed by atoms with Crippen molar-refractivity contribution in [3.63, 3.8) is 0 Å². The van der Waals surface area contributed by atoms with Gasteiger partial charge >= 0.3 is 0 Å². The summed E-state index contributed by atoms with van der Waals surface area (Å²) in [4.78, 5) is 40.9. The van der Waals surface area contributed by atoms with E-state index < -0.39 is 0 Å². The van der Waals surface area contributed by atoms with Crippen molar-refractivity contribution >= 4 is 34.6 Å². The second kappa shape index (κ2) is 10.7. The van der Waals surface area contributed by atoms with E-state index in [1.54, 1.807) is 12.1 Å². The largest absolute Gasteiger partial charge is 0.369 e. The first kappa shape index (κ1) is 21.0. The fourth-order valence-electron chi connectivity index (χ4n) is 3.18. The minimum Gasteiger partial charge on any atom is -0.369 e. The average Bonchev–Trinajstić information content (AvgIpc) is 3.30. The van der Waals surface area contributed by atoms with E-state index in [0.29, 0.717) is 17.8 Å². The lowest BCUT2D eigenvalue weighted by molar-refractivity contribution is -0.129. The second-order valence-corrected chi connectivity index (χ2v) is 7.86. The first-order valence-electron chi connectivity index (χ1n) is 9.78. The van der Waals surface area contributed by atoms with Crippen LogP contribution in [0.25, 0.3) is 0 Å². The molecule has 2 aromatic rings. The van der Waals surface area contributed by atoms with Gasteiger partial charge in [0.2, 0.25) is 11.8 Å². The van der Waals surface area contributed by atoms with Crippen LogP contribution in [0.4, 0.5) is 5.69 Å². The SMILES string of the molecule is O=C(CCC(=O)c1cccs1)NNC(=O)CCN1CCN(c2ccccc2)CC1. The maximum absolute atomic E-state index is 12.0. The summed E-state index contributed by atoms with van der Waals surface area (Å²) in [6.45, 7) is 4.32. The van der Waals surface area contributed by atoms with Gasteiger partial charge in [0.25, 0.3) is 0 Å². The number of rotatable bonds is 8. The number of para-hydroxylation sites is 1. The van der Waals surface area contributed by atoms with Crippen molar-refractivity contribution < 1.29 is 14.4 Å². The molecule has 0 radical (unpaired) electrons. The third kappa shape index (κ3) is 6.69. The molecular formula is C21H26N4O3S. The van der Waals surface area contributed by atoms with Crippen LogP contribution in [0.2, 0.25) is 0 Å². The van der Waals surface area contributed by atoms with Gasteiger partial charge in [-0.3, -0.25) is 30.1 Å². The molecule has 2 N–H and O–H groups in total. The van der Waals surface area contributed by atoms with E-state index >= 15 is 0 Å². The molecule has 154 valence electrons. The van der Waals surface area contributed by atoms with Gasteiger partial charge in [-0.05, 0) is 23.6 Å². The van der Waals surface area contributed by atoms with E-state index in [2.05, 4.69) is 32.8 Å². The Labute approximate surface area is 174 Å². The van der Waals surface area contributed by atoms with Crippen LogP contribution in [-0.4, -0.2) is 55.2 Å². The van der Waals surface area contributed by atoms with Crippen molar-refractivity contribution in [2.45, 2.75) is 19.3 Å². The number of ketones is 1. The molecule has 1 aromatic carbocycles. The molecule has 0 bridgehead atoms. The number of carbonyl (C=O) groups excluding carboxylic acids is 3. The summed E-state index contributed by atoms with van der Waals surface area (Å²) in [7, 11) is 0. The van der Waals surface area contributed by atoms with Crippen LogP contribution in [0.3, 0.4) is 0 Å². The number of piperazine rings is 1. The topological polar surface area (TPSA) is 81.8 Å². The molecule has 1 aliphatic heterocycles. The lowest BCUT2D eigenvalue weighted by Gasteiger charge is -2.36. The minimum atomic E-state index is -0.361. The van der Waals surface area contributed by atoms with Crippen LogP contribution < -0.4 is 15.8 Å². The molecule has 29 heavy (non-hydrogen) atoms. The first-order valence-corrected chi connectivity index (χ1v) is 10.7. The van der Waals surface area contributed by atoms with E-state index in [1.165, 1.54) is 17.0 Å². The van der Waals surface area contributed by atoms with Crippen LogP contribution in [0.15, 0.2) is 47.8 Å². The number of benzene rings is 1. The maximum Gasteiger partial charge on any atom is 0.239 e. The highest BCUT2D eigenvalue weighted by Gasteiger charge is 2.18. The molecule has 8 heteroatoms. The van der Waals surface area contributed by atoms with Crippen LogP contribution in [-0.2, 0) is 9.59 Å². The molecular weight excluding hydrogens is 388 g/mol. The molecule has 0 aliphatic carbocycles. The molecule has 7 nitrogen and oxygen atoms in total. The van der Waals surface area contributed by atoms with Gasteiger partial charge in [0.05, 0.1) is 4.88 Å². The summed E-state index contributed by atoms with van der Waals surface area (Å²) in [6, 6.07) is 13.9. The lowest BCUT2D eigenvalue weighted by atomic mass is 10.2. The number of carbonyl (C=O) groups is 3. The van der Waals surface area contributed by atoms with E-state index in [1.807, 2.05) is 23.6 Å². The number of hydrogen-bond acceptors (Lipinski definition) is 6. The Kier molecular flexibility index (Phi) is 7.77. The number of thiophene rings is 1. The fraction of sp³-hybridized carbons (Fsp3) is 0.381. The van der Waals surface area contributed by atoms with Crippen molar-refractivity contribution in [2.75, 3.05) is 37.6 Å². The Morgan fingerprint density at radius 3 is 2.17 bits per heavy atom. The average molecular weight is 415 g/mol. The van der Waals surface area contributed by atoms with Crippen LogP contribution >= 0.6 is 11.3 Å². The number of hydrazine groups is 1. The summed E-state index contributed by atoms with van der Waals surface area (Å²) in [5.41, 5.74) is 6.04. The zero-order chi connectivity index (χ0) is 20.5. The standard InChI is InChI=1S/C21H26N4O3S/c26-18(19-7-4-16-29-19)8-9-20(27)22-23-21(28)10-11-24-12-14-25(15-13-24)17-5-2-1-3-6-17/h1-7,16H,8-15H2,(H,22,27)(H,23,28). The molecule has 0 saturated carbocycles. The lowest BCUT2D eigenvalue weighted by Crippen LogP contribution is -2.48. The Hall–Kier alpha value is -2.71. The highest BCUT2D eigenvalue weighted by Crippen LogP contribution is 2.15. The molecule has 3 rings (SSSR count). The summed E-state index contributed by atoms with van der Waals surface area (Å²) < 4.78 is 0. The number of hydrogen-bond donors (Lipinski definition) is 2. The number of nitrogens with zero attached hydrogens (tertiary/aromatic N) is 2. The predicted octanol–water partition coefficient (Wildman–Crippen LogP) is 2.07. The second-order valence-electron chi connectivity index (χ2n) is 6.91. The maximum atomic E-state index is 12.0. The smallest absolute Gasteiger partial charge is 0.239 e. The Morgan fingerprint density at radius 1 is 0.828 bits per heavy atom. The highest BCUT2D eigenvalue weighted by molar-refractivity contribution is 7.12. The highest BCUT2D eigenvalue weighted by atomic mass is 32.1. The summed E-state index contributed by atoms with van der Waals surface area (Å²) >= 11 is 1.36. The Bertz CT molecular complexity index is 803. The van der Waals surface area contributed by atoms with E-state index in [-0.39, 0.29) is 30.4 Å². The van der Waals surface area contributed by atoms with Crippen LogP contribution in [0.5, 0.6) is 0 Å². The van der Waals surface area contributed by atoms with Crippen molar-refractivity contribution in [3.05, 3.63) is 52.7 Å². The van der Waals surface area contributed by atoms with Gasteiger partial charge in [0, 0.05) is 57.7 Å². The predicted molar refractivity (Wildman–Crippen MR) is 114 cm³/mol. The molecule has 0 spiro atoms. The van der Waals surface area contributed by atoms with Gasteiger partial charge in [-0.25, -0.2) is 0 Å². The Balaban J connectivity index is 1.27. The summed E-state index contributed by atoms with van der Waals surface area (Å²) in [5.74, 6) is -0.649. The summed E-state index contributed by atoms with van der Waals surface area (Å²) in [6.07, 6.45) is 0.506. The van der Waals surface area contributed by atoms with E-state index in [0.717, 1.165) is 26.2 Å². The molecule has 0 atom stereocenters. The van der Waals surface area contributed by atoms with Gasteiger partial charge < -0.3 is 4.90 Å². The molecule has 1 fully saturated rings. The normalized spacial score (nSPS) is 14.4. The van der Waals surface area contributed by atoms with E-state index in [4.69, 9.17) is 0 Å². The van der Waals surface area contributed by atoms with Crippen molar-refractivity contribution in [1.29, 1.82) is 0 Å². The van der Waals surface area contributed by atoms with Crippen LogP contribution in [0.1, 0.15) is 28.9 Å². The van der Waals surface area contributed by atoms with Crippen molar-refractivity contribution in [1.82, 2.24) is 15.8 Å². The van der Waals surface area contributed by atoms with E-state index in [9.17, 15) is 14.4 Å². The van der Waals surface area contributed by atoms with Gasteiger partial charge in [0.1, 0.15) is 0 Å². The van der Waals surface area contributed by atoms with Gasteiger partial charge in [-0.2, -0.15) is 0 Å². The van der Waals surface area contributed by atoms with Gasteiger partial charge in [-0.15, -0.1) is 11.3 Å². The number of Topliss-reactive ketones (excluding diaryl/α,β-unsaturated/α-hetero) is 1. The fourth-order valence-corrected chi connectivity index (χ4v) is 3.87. The Morgan fingerprint density at radius 2 is 1.52 bits per heavy atom. The molecule has 2 amide bonds. The van der Waals surface area contributed by atoms with Crippen molar-refractivity contribution in [3.8, 4) is 0 Å². The number of nitrogens with one attached hydrogen (secondary N) is 2.